The average molecular weight is 445 g/mol. The number of benzene rings is 1. The second-order valence-electron chi connectivity index (χ2n) is 10.3. The van der Waals surface area contributed by atoms with E-state index < -0.39 is 0 Å². The molecule has 0 unspecified atom stereocenters. The molecule has 2 N–H and O–H groups in total. The van der Waals surface area contributed by atoms with Crippen LogP contribution < -0.4 is 4.74 Å². The Morgan fingerprint density at radius 3 is 2.81 bits per heavy atom. The zero-order valence-corrected chi connectivity index (χ0v) is 19.5. The first kappa shape index (κ1) is 23.6. The van der Waals surface area contributed by atoms with Crippen molar-refractivity contribution in [1.82, 2.24) is 0 Å². The molecule has 0 amide bonds. The molecule has 0 aromatic heterocycles. The smallest absolute Gasteiger partial charge is 0.344 e. The molecule has 0 saturated heterocycles. The summed E-state index contributed by atoms with van der Waals surface area (Å²) in [5, 5.41) is 21.2. The van der Waals surface area contributed by atoms with Gasteiger partial charge < -0.3 is 19.7 Å². The summed E-state index contributed by atoms with van der Waals surface area (Å²) in [4.78, 5) is 12.0. The summed E-state index contributed by atoms with van der Waals surface area (Å²) >= 11 is 0. The van der Waals surface area contributed by atoms with Crippen molar-refractivity contribution >= 4 is 5.97 Å². The largest absolute Gasteiger partial charge is 0.482 e. The molecule has 2 fully saturated rings. The van der Waals surface area contributed by atoms with E-state index in [2.05, 4.69) is 13.0 Å². The Balaban J connectivity index is 1.32. The van der Waals surface area contributed by atoms with Crippen molar-refractivity contribution in [1.29, 1.82) is 0 Å². The number of carbonyl (C=O) groups is 1. The van der Waals surface area contributed by atoms with E-state index in [0.717, 1.165) is 63.5 Å². The van der Waals surface area contributed by atoms with E-state index in [1.54, 1.807) is 0 Å². The Morgan fingerprint density at radius 1 is 1.19 bits per heavy atom. The van der Waals surface area contributed by atoms with E-state index in [4.69, 9.17) is 9.47 Å². The van der Waals surface area contributed by atoms with Gasteiger partial charge in [-0.1, -0.05) is 38.3 Å². The second-order valence-corrected chi connectivity index (χ2v) is 10.3. The number of unbranched alkanes of at least 4 members (excludes halogenated alkanes) is 2. The molecule has 0 spiro atoms. The highest BCUT2D eigenvalue weighted by Crippen LogP contribution is 2.48. The van der Waals surface area contributed by atoms with E-state index in [-0.39, 0.29) is 30.7 Å². The number of fused-ring (bicyclic) bond motifs is 2. The fraction of sp³-hybridized carbons (Fsp3) is 0.741. The van der Waals surface area contributed by atoms with E-state index in [1.807, 2.05) is 12.1 Å². The summed E-state index contributed by atoms with van der Waals surface area (Å²) < 4.78 is 11.2. The third-order valence-corrected chi connectivity index (χ3v) is 7.84. The molecule has 5 nitrogen and oxygen atoms in total. The van der Waals surface area contributed by atoms with Crippen LogP contribution in [0, 0.1) is 23.7 Å². The van der Waals surface area contributed by atoms with Crippen LogP contribution in [0.2, 0.25) is 0 Å². The van der Waals surface area contributed by atoms with Crippen molar-refractivity contribution in [3.05, 3.63) is 29.3 Å². The Kier molecular flexibility index (Phi) is 8.12. The van der Waals surface area contributed by atoms with E-state index in [0.29, 0.717) is 24.4 Å². The third-order valence-electron chi connectivity index (χ3n) is 7.84. The molecule has 0 heterocycles. The van der Waals surface area contributed by atoms with Crippen LogP contribution >= 0.6 is 0 Å². The van der Waals surface area contributed by atoms with Crippen LogP contribution in [0.25, 0.3) is 0 Å². The van der Waals surface area contributed by atoms with Gasteiger partial charge in [-0.3, -0.25) is 0 Å². The highest BCUT2D eigenvalue weighted by molar-refractivity contribution is 5.71. The molecule has 5 atom stereocenters. The number of carbonyl (C=O) groups excluding carboxylic acids is 1. The molecular weight excluding hydrogens is 404 g/mol. The summed E-state index contributed by atoms with van der Waals surface area (Å²) in [6.45, 7) is 2.66. The Labute approximate surface area is 192 Å². The minimum Gasteiger partial charge on any atom is -0.482 e. The molecule has 3 aliphatic carbocycles. The van der Waals surface area contributed by atoms with Crippen LogP contribution in [0.1, 0.15) is 75.8 Å². The van der Waals surface area contributed by atoms with Crippen LogP contribution in [0.3, 0.4) is 0 Å². The van der Waals surface area contributed by atoms with Gasteiger partial charge in [0.2, 0.25) is 0 Å². The Hall–Kier alpha value is -1.59. The van der Waals surface area contributed by atoms with E-state index in [9.17, 15) is 15.0 Å². The number of ether oxygens (including phenoxy) is 2. The molecular formula is C27H40O5. The number of aliphatic hydroxyl groups is 2. The van der Waals surface area contributed by atoms with Crippen LogP contribution in [0.5, 0.6) is 5.75 Å². The fourth-order valence-electron chi connectivity index (χ4n) is 5.77. The van der Waals surface area contributed by atoms with Gasteiger partial charge in [-0.15, -0.1) is 0 Å². The molecule has 0 bridgehead atoms. The Morgan fingerprint density at radius 2 is 2.03 bits per heavy atom. The lowest BCUT2D eigenvalue weighted by Gasteiger charge is -2.32. The summed E-state index contributed by atoms with van der Waals surface area (Å²) in [6.07, 6.45) is 10.4. The summed E-state index contributed by atoms with van der Waals surface area (Å²) in [5.41, 5.74) is 2.47. The lowest BCUT2D eigenvalue weighted by molar-refractivity contribution is -0.146. The molecule has 0 radical (unpaired) electrons. The van der Waals surface area contributed by atoms with Crippen LogP contribution in [-0.4, -0.2) is 41.6 Å². The summed E-state index contributed by atoms with van der Waals surface area (Å²) in [5.74, 6) is 2.20. The molecule has 0 aliphatic heterocycles. The Bertz CT molecular complexity index is 758. The van der Waals surface area contributed by atoms with Crippen LogP contribution in [-0.2, 0) is 22.4 Å². The summed E-state index contributed by atoms with van der Waals surface area (Å²) in [7, 11) is 0. The molecule has 32 heavy (non-hydrogen) atoms. The predicted octanol–water partition coefficient (Wildman–Crippen LogP) is 4.45. The maximum absolute atomic E-state index is 12.0. The van der Waals surface area contributed by atoms with Gasteiger partial charge in [0.25, 0.3) is 0 Å². The maximum atomic E-state index is 12.0. The molecule has 3 aliphatic rings. The highest BCUT2D eigenvalue weighted by atomic mass is 16.6. The van der Waals surface area contributed by atoms with Crippen LogP contribution in [0.4, 0.5) is 0 Å². The van der Waals surface area contributed by atoms with Crippen molar-refractivity contribution in [3.63, 3.8) is 0 Å². The van der Waals surface area contributed by atoms with Crippen molar-refractivity contribution in [2.45, 2.75) is 89.8 Å². The number of hydrogen-bond acceptors (Lipinski definition) is 5. The van der Waals surface area contributed by atoms with Crippen molar-refractivity contribution in [2.75, 3.05) is 13.2 Å². The number of esters is 1. The first-order chi connectivity index (χ1) is 15.5. The van der Waals surface area contributed by atoms with Gasteiger partial charge in [-0.25, -0.2) is 4.79 Å². The van der Waals surface area contributed by atoms with Crippen molar-refractivity contribution < 1.29 is 24.5 Å². The lowest BCUT2D eigenvalue weighted by atomic mass is 9.73. The number of rotatable bonds is 12. The van der Waals surface area contributed by atoms with E-state index in [1.165, 1.54) is 24.0 Å². The zero-order valence-electron chi connectivity index (χ0n) is 19.5. The molecule has 2 saturated carbocycles. The van der Waals surface area contributed by atoms with Gasteiger partial charge in [0, 0.05) is 0 Å². The quantitative estimate of drug-likeness (QED) is 0.368. The maximum Gasteiger partial charge on any atom is 0.344 e. The van der Waals surface area contributed by atoms with Gasteiger partial charge in [0.05, 0.1) is 18.8 Å². The molecule has 178 valence electrons. The van der Waals surface area contributed by atoms with Gasteiger partial charge in [-0.2, -0.15) is 0 Å². The predicted molar refractivity (Wildman–Crippen MR) is 124 cm³/mol. The number of hydrogen-bond donors (Lipinski definition) is 2. The fourth-order valence-corrected chi connectivity index (χ4v) is 5.77. The SMILES string of the molecule is CCCCC[C@@H](O)CC[C@@H]1[C@H]2Cc3cccc(OCC(=O)OCC4CC4)c3C[C@H]2C[C@H]1O. The van der Waals surface area contributed by atoms with Gasteiger partial charge in [-0.05, 0) is 92.2 Å². The monoisotopic (exact) mass is 444 g/mol. The summed E-state index contributed by atoms with van der Waals surface area (Å²) in [6, 6.07) is 6.11. The highest BCUT2D eigenvalue weighted by Gasteiger charge is 2.44. The topological polar surface area (TPSA) is 76.0 Å². The average Bonchev–Trinajstić information content (AvgIpc) is 3.56. The normalized spacial score (nSPS) is 27.5. The molecule has 1 aromatic rings. The lowest BCUT2D eigenvalue weighted by Crippen LogP contribution is -2.28. The van der Waals surface area contributed by atoms with Crippen molar-refractivity contribution in [2.24, 2.45) is 23.7 Å². The standard InChI is InChI=1S/C27H40O5/c1-2-3-4-7-21(28)11-12-22-23-13-19-6-5-8-26(24(19)14-20(23)15-25(22)29)31-17-27(30)32-16-18-9-10-18/h5-6,8,18,20-23,25,28-29H,2-4,7,9-17H2,1H3/t20-,21+,22+,23-,25+/m0/s1. The minimum atomic E-state index is -0.294. The van der Waals surface area contributed by atoms with E-state index >= 15 is 0 Å². The zero-order chi connectivity index (χ0) is 22.5. The second kappa shape index (κ2) is 11.0. The molecule has 1 aromatic carbocycles. The van der Waals surface area contributed by atoms with Gasteiger partial charge in [0.1, 0.15) is 5.75 Å². The van der Waals surface area contributed by atoms with Crippen molar-refractivity contribution in [3.8, 4) is 5.75 Å². The third kappa shape index (κ3) is 6.05. The van der Waals surface area contributed by atoms with Gasteiger partial charge in [0.15, 0.2) is 6.61 Å². The minimum absolute atomic E-state index is 0.0432. The number of aliphatic hydroxyl groups excluding tert-OH is 2. The molecule has 4 rings (SSSR count). The first-order valence-electron chi connectivity index (χ1n) is 12.8. The first-order valence-corrected chi connectivity index (χ1v) is 12.8. The van der Waals surface area contributed by atoms with Crippen LogP contribution in [0.15, 0.2) is 18.2 Å². The molecule has 5 heteroatoms. The van der Waals surface area contributed by atoms with Gasteiger partial charge >= 0.3 is 5.97 Å².